The number of rotatable bonds is 1. The number of phenols is 4. The molecule has 6 nitrogen and oxygen atoms in total. The number of aromatic hydroxyl groups is 4. The molecule has 2 aromatic carbocycles. The van der Waals surface area contributed by atoms with Crippen molar-refractivity contribution in [3.05, 3.63) is 47.0 Å². The summed E-state index contributed by atoms with van der Waals surface area (Å²) in [7, 11) is 0. The minimum Gasteiger partial charge on any atom is -0.504 e. The summed E-state index contributed by atoms with van der Waals surface area (Å²) in [6.45, 7) is 0. The van der Waals surface area contributed by atoms with E-state index in [1.54, 1.807) is 6.07 Å². The Bertz CT molecular complexity index is 802. The highest BCUT2D eigenvalue weighted by Gasteiger charge is 2.52. The van der Waals surface area contributed by atoms with E-state index in [-0.39, 0.29) is 23.0 Å². The molecule has 3 unspecified atom stereocenters. The van der Waals surface area contributed by atoms with Crippen LogP contribution in [0.4, 0.5) is 0 Å². The quantitative estimate of drug-likeness (QED) is 0.515. The Kier molecular flexibility index (Phi) is 2.79. The molecule has 120 valence electrons. The molecule has 0 aromatic heterocycles. The van der Waals surface area contributed by atoms with Gasteiger partial charge in [0.05, 0.1) is 6.10 Å². The molecule has 0 amide bonds. The Morgan fingerprint density at radius 2 is 1.61 bits per heavy atom. The molecule has 23 heavy (non-hydrogen) atoms. The van der Waals surface area contributed by atoms with Crippen molar-refractivity contribution in [1.29, 1.82) is 0 Å². The highest BCUT2D eigenvalue weighted by Crippen LogP contribution is 2.55. The molecule has 0 spiro atoms. The largest absolute Gasteiger partial charge is 0.504 e. The van der Waals surface area contributed by atoms with Gasteiger partial charge < -0.3 is 30.3 Å². The second kappa shape index (κ2) is 4.53. The van der Waals surface area contributed by atoms with Gasteiger partial charge >= 0.3 is 0 Å². The van der Waals surface area contributed by atoms with Crippen molar-refractivity contribution in [1.82, 2.24) is 0 Å². The zero-order valence-electron chi connectivity index (χ0n) is 12.1. The molecule has 3 atom stereocenters. The van der Waals surface area contributed by atoms with Gasteiger partial charge in [-0.1, -0.05) is 6.07 Å². The van der Waals surface area contributed by atoms with E-state index in [1.165, 1.54) is 24.3 Å². The molecule has 0 aliphatic carbocycles. The van der Waals surface area contributed by atoms with Crippen LogP contribution in [0.3, 0.4) is 0 Å². The second-order valence-electron chi connectivity index (χ2n) is 6.10. The Labute approximate surface area is 131 Å². The van der Waals surface area contributed by atoms with Gasteiger partial charge in [0.2, 0.25) is 0 Å². The molecule has 4 rings (SSSR count). The van der Waals surface area contributed by atoms with E-state index in [0.29, 0.717) is 29.5 Å². The fraction of sp³-hybridized carbons (Fsp3) is 0.294. The summed E-state index contributed by atoms with van der Waals surface area (Å²) in [6, 6.07) is 7.18. The molecule has 1 saturated heterocycles. The van der Waals surface area contributed by atoms with Crippen molar-refractivity contribution in [2.24, 2.45) is 0 Å². The lowest BCUT2D eigenvalue weighted by Crippen LogP contribution is -2.36. The highest BCUT2D eigenvalue weighted by atomic mass is 16.5. The highest BCUT2D eigenvalue weighted by molar-refractivity contribution is 5.55. The molecular weight excluding hydrogens is 300 g/mol. The predicted molar refractivity (Wildman–Crippen MR) is 79.4 cm³/mol. The van der Waals surface area contributed by atoms with Crippen molar-refractivity contribution in [2.45, 2.75) is 30.7 Å². The molecule has 2 heterocycles. The van der Waals surface area contributed by atoms with E-state index in [0.717, 1.165) is 0 Å². The van der Waals surface area contributed by atoms with Crippen LogP contribution in [0.25, 0.3) is 0 Å². The first-order chi connectivity index (χ1) is 10.9. The van der Waals surface area contributed by atoms with Gasteiger partial charge in [0.1, 0.15) is 11.7 Å². The minimum atomic E-state index is -0.935. The van der Waals surface area contributed by atoms with Gasteiger partial charge in [0.25, 0.3) is 0 Å². The number of fused-ring (bicyclic) bond motifs is 4. The van der Waals surface area contributed by atoms with Gasteiger partial charge in [-0.3, -0.25) is 0 Å². The fourth-order valence-corrected chi connectivity index (χ4v) is 3.67. The Balaban J connectivity index is 1.97. The lowest BCUT2D eigenvalue weighted by atomic mass is 9.80. The summed E-state index contributed by atoms with van der Waals surface area (Å²) in [5.41, 5.74) is 0.740. The summed E-state index contributed by atoms with van der Waals surface area (Å²) >= 11 is 0. The molecule has 0 radical (unpaired) electrons. The van der Waals surface area contributed by atoms with E-state index in [2.05, 4.69) is 0 Å². The van der Waals surface area contributed by atoms with Gasteiger partial charge in [0.15, 0.2) is 23.0 Å². The minimum absolute atomic E-state index is 0.232. The molecule has 2 aliphatic heterocycles. The van der Waals surface area contributed by atoms with E-state index >= 15 is 0 Å². The maximum absolute atomic E-state index is 10.4. The lowest BCUT2D eigenvalue weighted by Gasteiger charge is -2.38. The summed E-state index contributed by atoms with van der Waals surface area (Å²) in [5, 5.41) is 49.4. The predicted octanol–water partition coefficient (Wildman–Crippen LogP) is 1.98. The van der Waals surface area contributed by atoms with Gasteiger partial charge in [0, 0.05) is 0 Å². The topological polar surface area (TPSA) is 110 Å². The summed E-state index contributed by atoms with van der Waals surface area (Å²) in [5.74, 6) is -1.09. The van der Waals surface area contributed by atoms with Crippen LogP contribution in [-0.4, -0.2) is 31.6 Å². The number of benzene rings is 2. The fourth-order valence-electron chi connectivity index (χ4n) is 3.67. The SMILES string of the molecule is Oc1ccc(C23CCC(O2)C(O)c2cc(O)c(O)cc23)cc1O. The standard InChI is InChI=1S/C17H16O6/c18-11-2-1-8(5-12(11)19)17-4-3-15(23-17)16(22)9-6-13(20)14(21)7-10(9)17/h1-2,5-7,15-16,18-22H,3-4H2. The van der Waals surface area contributed by atoms with E-state index in [1.807, 2.05) is 0 Å². The Morgan fingerprint density at radius 1 is 0.913 bits per heavy atom. The Morgan fingerprint density at radius 3 is 2.35 bits per heavy atom. The zero-order chi connectivity index (χ0) is 16.4. The van der Waals surface area contributed by atoms with Crippen LogP contribution in [0.2, 0.25) is 0 Å². The average Bonchev–Trinajstić information content (AvgIpc) is 2.93. The number of ether oxygens (including phenoxy) is 1. The van der Waals surface area contributed by atoms with Gasteiger partial charge in [-0.25, -0.2) is 0 Å². The maximum Gasteiger partial charge on any atom is 0.157 e. The van der Waals surface area contributed by atoms with E-state index < -0.39 is 17.8 Å². The third-order valence-corrected chi connectivity index (χ3v) is 4.83. The smallest absolute Gasteiger partial charge is 0.157 e. The number of phenolic OH excluding ortho intramolecular Hbond substituents is 4. The number of hydrogen-bond acceptors (Lipinski definition) is 6. The normalized spacial score (nSPS) is 28.6. The molecule has 1 fully saturated rings. The van der Waals surface area contributed by atoms with Crippen LogP contribution < -0.4 is 0 Å². The van der Waals surface area contributed by atoms with Crippen LogP contribution in [0.5, 0.6) is 23.0 Å². The van der Waals surface area contributed by atoms with Crippen molar-refractivity contribution in [2.75, 3.05) is 0 Å². The molecule has 2 bridgehead atoms. The third-order valence-electron chi connectivity index (χ3n) is 4.83. The van der Waals surface area contributed by atoms with Gasteiger partial charge in [-0.15, -0.1) is 0 Å². The maximum atomic E-state index is 10.4. The molecule has 2 aromatic rings. The first-order valence-corrected chi connectivity index (χ1v) is 7.37. The van der Waals surface area contributed by atoms with Crippen LogP contribution in [-0.2, 0) is 10.3 Å². The van der Waals surface area contributed by atoms with Crippen molar-refractivity contribution >= 4 is 0 Å². The first kappa shape index (κ1) is 14.2. The molecule has 6 heteroatoms. The summed E-state index contributed by atoms with van der Waals surface area (Å²) < 4.78 is 6.06. The first-order valence-electron chi connectivity index (χ1n) is 7.37. The summed E-state index contributed by atoms with van der Waals surface area (Å²) in [6.07, 6.45) is -0.171. The molecular formula is C17H16O6. The Hall–Kier alpha value is -2.44. The lowest BCUT2D eigenvalue weighted by molar-refractivity contribution is -0.0915. The monoisotopic (exact) mass is 316 g/mol. The van der Waals surface area contributed by atoms with Crippen LogP contribution >= 0.6 is 0 Å². The third kappa shape index (κ3) is 1.82. The van der Waals surface area contributed by atoms with Crippen molar-refractivity contribution < 1.29 is 30.3 Å². The summed E-state index contributed by atoms with van der Waals surface area (Å²) in [4.78, 5) is 0. The average molecular weight is 316 g/mol. The van der Waals surface area contributed by atoms with Crippen molar-refractivity contribution in [3.8, 4) is 23.0 Å². The van der Waals surface area contributed by atoms with Gasteiger partial charge in [-0.05, 0) is 53.8 Å². The number of hydrogen-bond donors (Lipinski definition) is 5. The number of aliphatic hydroxyl groups is 1. The van der Waals surface area contributed by atoms with Crippen LogP contribution in [0, 0.1) is 0 Å². The second-order valence-corrected chi connectivity index (χ2v) is 6.10. The molecule has 0 saturated carbocycles. The molecule has 5 N–H and O–H groups in total. The van der Waals surface area contributed by atoms with E-state index in [4.69, 9.17) is 4.74 Å². The van der Waals surface area contributed by atoms with Gasteiger partial charge in [-0.2, -0.15) is 0 Å². The zero-order valence-corrected chi connectivity index (χ0v) is 12.1. The number of aliphatic hydroxyl groups excluding tert-OH is 1. The van der Waals surface area contributed by atoms with E-state index in [9.17, 15) is 25.5 Å². The van der Waals surface area contributed by atoms with Crippen molar-refractivity contribution in [3.63, 3.8) is 0 Å². The van der Waals surface area contributed by atoms with Crippen LogP contribution in [0.1, 0.15) is 35.6 Å². The van der Waals surface area contributed by atoms with Crippen LogP contribution in [0.15, 0.2) is 30.3 Å². The molecule has 2 aliphatic rings.